The Morgan fingerprint density at radius 3 is 2.41 bits per heavy atom. The van der Waals surface area contributed by atoms with Crippen LogP contribution in [0.2, 0.25) is 0 Å². The van der Waals surface area contributed by atoms with E-state index in [1.165, 1.54) is 7.11 Å². The molecule has 1 aromatic carbocycles. The number of carbonyl (C=O) groups excluding carboxylic acids is 2. The molecule has 1 amide bonds. The molecule has 0 unspecified atom stereocenters. The molecule has 34 heavy (non-hydrogen) atoms. The van der Waals surface area contributed by atoms with Crippen LogP contribution in [0, 0.1) is 5.92 Å². The summed E-state index contributed by atoms with van der Waals surface area (Å²) >= 11 is 0. The summed E-state index contributed by atoms with van der Waals surface area (Å²) in [6.07, 6.45) is 8.38. The molecule has 2 N–H and O–H groups in total. The Morgan fingerprint density at radius 1 is 1.12 bits per heavy atom. The van der Waals surface area contributed by atoms with Gasteiger partial charge in [0.15, 0.2) is 6.21 Å². The predicted molar refractivity (Wildman–Crippen MR) is 129 cm³/mol. The predicted octanol–water partition coefficient (Wildman–Crippen LogP) is 1.54. The third-order valence-corrected chi connectivity index (χ3v) is 6.69. The second kappa shape index (κ2) is 9.74. The van der Waals surface area contributed by atoms with Gasteiger partial charge in [0.2, 0.25) is 6.20 Å². The summed E-state index contributed by atoms with van der Waals surface area (Å²) in [5, 5.41) is 6.25. The van der Waals surface area contributed by atoms with Crippen LogP contribution in [-0.2, 0) is 9.47 Å². The van der Waals surface area contributed by atoms with E-state index in [1.807, 2.05) is 36.6 Å². The average molecular weight is 471 g/mol. The third-order valence-electron chi connectivity index (χ3n) is 6.69. The van der Waals surface area contributed by atoms with E-state index >= 15 is 0 Å². The number of fused-ring (bicyclic) bond motifs is 1. The Labute approximate surface area is 200 Å². The largest absolute Gasteiger partial charge is 0.465 e. The van der Waals surface area contributed by atoms with Crippen molar-refractivity contribution in [3.63, 3.8) is 0 Å². The standard InChI is InChI=1S/C25H36N5O4/c1-25(2,3)34-24(32)29-11-9-28(10-12-29)19-7-5-17(6-8-19)15-30-16-18-13-21(26)20(23(31)33-4)14-22(18)27-30/h13-17,19H,5-12,26H2,1-4H3/q+1/b30-15-. The van der Waals surface area contributed by atoms with Crippen molar-refractivity contribution in [2.24, 2.45) is 11.0 Å². The Balaban J connectivity index is 1.30. The van der Waals surface area contributed by atoms with E-state index in [2.05, 4.69) is 16.2 Å². The van der Waals surface area contributed by atoms with E-state index in [0.717, 1.165) is 62.4 Å². The Hall–Kier alpha value is -2.94. The zero-order valence-electron chi connectivity index (χ0n) is 20.6. The van der Waals surface area contributed by atoms with Crippen LogP contribution in [0.5, 0.6) is 0 Å². The van der Waals surface area contributed by atoms with Crippen molar-refractivity contribution in [1.82, 2.24) is 9.80 Å². The fourth-order valence-corrected chi connectivity index (χ4v) is 4.90. The van der Waals surface area contributed by atoms with Crippen molar-refractivity contribution >= 4 is 30.2 Å². The summed E-state index contributed by atoms with van der Waals surface area (Å²) < 4.78 is 12.2. The molecule has 2 fully saturated rings. The molecule has 1 aliphatic carbocycles. The highest BCUT2D eigenvalue weighted by Crippen LogP contribution is 2.27. The van der Waals surface area contributed by atoms with Crippen LogP contribution in [0.15, 0.2) is 17.2 Å². The van der Waals surface area contributed by atoms with E-state index in [9.17, 15) is 9.59 Å². The number of nitrogen functional groups attached to an aromatic ring is 1. The number of nitrogens with two attached hydrogens (primary N) is 1. The zero-order chi connectivity index (χ0) is 24.5. The lowest BCUT2D eigenvalue weighted by Gasteiger charge is -2.41. The number of anilines is 1. The lowest BCUT2D eigenvalue weighted by Crippen LogP contribution is -2.53. The number of benzene rings is 1. The lowest BCUT2D eigenvalue weighted by molar-refractivity contribution is -0.424. The van der Waals surface area contributed by atoms with Crippen LogP contribution < -0.4 is 16.3 Å². The summed E-state index contributed by atoms with van der Waals surface area (Å²) in [5.74, 6) is -0.00535. The second-order valence-corrected chi connectivity index (χ2v) is 10.3. The van der Waals surface area contributed by atoms with Crippen LogP contribution >= 0.6 is 0 Å². The highest BCUT2D eigenvalue weighted by Gasteiger charge is 2.32. The Kier molecular flexibility index (Phi) is 6.93. The molecule has 2 aliphatic heterocycles. The van der Waals surface area contributed by atoms with Gasteiger partial charge in [-0.15, -0.1) is 0 Å². The quantitative estimate of drug-likeness (QED) is 0.409. The van der Waals surface area contributed by atoms with E-state index in [4.69, 9.17) is 15.2 Å². The molecule has 2 heterocycles. The summed E-state index contributed by atoms with van der Waals surface area (Å²) in [4.78, 5) is 28.5. The minimum atomic E-state index is -0.459. The van der Waals surface area contributed by atoms with E-state index in [0.29, 0.717) is 23.2 Å². The monoisotopic (exact) mass is 470 g/mol. The first-order chi connectivity index (χ1) is 16.1. The van der Waals surface area contributed by atoms with Gasteiger partial charge in [0.05, 0.1) is 17.9 Å². The maximum Gasteiger partial charge on any atom is 0.410 e. The highest BCUT2D eigenvalue weighted by molar-refractivity contribution is 5.94. The van der Waals surface area contributed by atoms with Crippen LogP contribution in [0.1, 0.15) is 56.8 Å². The number of carbonyl (C=O) groups is 2. The highest BCUT2D eigenvalue weighted by atomic mass is 16.6. The molecule has 4 rings (SSSR count). The molecule has 0 spiro atoms. The normalized spacial score (nSPS) is 24.2. The number of amides is 1. The van der Waals surface area contributed by atoms with E-state index in [-0.39, 0.29) is 6.09 Å². The van der Waals surface area contributed by atoms with Gasteiger partial charge in [-0.3, -0.25) is 4.90 Å². The molecule has 9 nitrogen and oxygen atoms in total. The van der Waals surface area contributed by atoms with Gasteiger partial charge < -0.3 is 20.1 Å². The van der Waals surface area contributed by atoms with Crippen LogP contribution in [0.4, 0.5) is 10.5 Å². The molecule has 1 saturated heterocycles. The number of esters is 1. The molecule has 0 aromatic heterocycles. The topological polar surface area (TPSA) is 100 Å². The summed E-state index contributed by atoms with van der Waals surface area (Å²) in [5.41, 5.74) is 6.29. The van der Waals surface area contributed by atoms with Gasteiger partial charge in [-0.2, -0.15) is 0 Å². The first-order valence-corrected chi connectivity index (χ1v) is 12.1. The van der Waals surface area contributed by atoms with Crippen LogP contribution in [0.3, 0.4) is 0 Å². The van der Waals surface area contributed by atoms with Crippen molar-refractivity contribution in [1.29, 1.82) is 0 Å². The molecular weight excluding hydrogens is 434 g/mol. The third kappa shape index (κ3) is 5.58. The molecule has 0 radical (unpaired) electrons. The lowest BCUT2D eigenvalue weighted by atomic mass is 9.85. The number of hydrogen-bond donors (Lipinski definition) is 1. The van der Waals surface area contributed by atoms with Crippen LogP contribution in [0.25, 0.3) is 6.20 Å². The summed E-state index contributed by atoms with van der Waals surface area (Å²) in [6, 6.07) is 4.02. The smallest absolute Gasteiger partial charge is 0.410 e. The number of hydrogen-bond acceptors (Lipinski definition) is 7. The second-order valence-electron chi connectivity index (χ2n) is 10.3. The number of nitrogens with zero attached hydrogens (tertiary/aromatic N) is 4. The Bertz CT molecular complexity index is 1090. The fraction of sp³-hybridized carbons (Fsp3) is 0.600. The molecule has 9 heteroatoms. The molecule has 1 aromatic rings. The van der Waals surface area contributed by atoms with Gasteiger partial charge in [-0.1, -0.05) is 4.68 Å². The van der Waals surface area contributed by atoms with Crippen LogP contribution in [-0.4, -0.2) is 77.7 Å². The van der Waals surface area contributed by atoms with E-state index in [1.54, 1.807) is 12.1 Å². The van der Waals surface area contributed by atoms with Crippen molar-refractivity contribution in [2.45, 2.75) is 58.1 Å². The molecule has 1 saturated carbocycles. The SMILES string of the molecule is COC(=O)c1cc2c(cc1N)=C/[N+](=C/C1CCC(N3CCN(C(=O)OC(C)(C)C)CC3)CC1)N=2. The minimum Gasteiger partial charge on any atom is -0.465 e. The molecule has 184 valence electrons. The summed E-state index contributed by atoms with van der Waals surface area (Å²) in [6.45, 7) is 8.93. The van der Waals surface area contributed by atoms with Gasteiger partial charge in [-0.05, 0) is 58.6 Å². The molecule has 0 atom stereocenters. The van der Waals surface area contributed by atoms with Crippen molar-refractivity contribution in [3.8, 4) is 0 Å². The number of piperazine rings is 1. The maximum atomic E-state index is 12.3. The van der Waals surface area contributed by atoms with Gasteiger partial charge >= 0.3 is 12.1 Å². The minimum absolute atomic E-state index is 0.211. The first-order valence-electron chi connectivity index (χ1n) is 12.1. The van der Waals surface area contributed by atoms with E-state index < -0.39 is 11.6 Å². The maximum absolute atomic E-state index is 12.3. The average Bonchev–Trinajstić information content (AvgIpc) is 3.18. The van der Waals surface area contributed by atoms with Gasteiger partial charge in [0.25, 0.3) is 0 Å². The number of methoxy groups -OCH3 is 1. The van der Waals surface area contributed by atoms with Crippen molar-refractivity contribution in [3.05, 3.63) is 28.3 Å². The van der Waals surface area contributed by atoms with Crippen molar-refractivity contribution < 1.29 is 23.7 Å². The number of rotatable bonds is 3. The van der Waals surface area contributed by atoms with Gasteiger partial charge in [0.1, 0.15) is 11.0 Å². The molecule has 3 aliphatic rings. The molecule has 0 bridgehead atoms. The van der Waals surface area contributed by atoms with Gasteiger partial charge in [-0.25, -0.2) is 9.59 Å². The Morgan fingerprint density at radius 2 is 1.79 bits per heavy atom. The molecular formula is C25H36N5O4+. The van der Waals surface area contributed by atoms with Gasteiger partial charge in [0, 0.05) is 48.9 Å². The summed E-state index contributed by atoms with van der Waals surface area (Å²) in [7, 11) is 1.34. The number of ether oxygens (including phenoxy) is 2. The first kappa shape index (κ1) is 24.2. The van der Waals surface area contributed by atoms with Crippen molar-refractivity contribution in [2.75, 3.05) is 39.0 Å². The fourth-order valence-electron chi connectivity index (χ4n) is 4.90. The zero-order valence-corrected chi connectivity index (χ0v) is 20.6.